The minimum absolute atomic E-state index is 0.0135. The summed E-state index contributed by atoms with van der Waals surface area (Å²) >= 11 is 0. The molecule has 2 aliphatic rings. The van der Waals surface area contributed by atoms with Crippen LogP contribution in [0, 0.1) is 17.8 Å². The fourth-order valence-electron chi connectivity index (χ4n) is 4.09. The van der Waals surface area contributed by atoms with Crippen LogP contribution in [-0.2, 0) is 4.79 Å². The zero-order valence-electron chi connectivity index (χ0n) is 13.2. The molecule has 128 valence electrons. The first kappa shape index (κ1) is 17.7. The van der Waals surface area contributed by atoms with Crippen LogP contribution in [0.25, 0.3) is 0 Å². The van der Waals surface area contributed by atoms with Gasteiger partial charge in [-0.2, -0.15) is 17.6 Å². The minimum atomic E-state index is -4.20. The van der Waals surface area contributed by atoms with Crippen LogP contribution >= 0.6 is 0 Å². The van der Waals surface area contributed by atoms with Crippen LogP contribution in [0.3, 0.4) is 0 Å². The molecule has 0 bridgehead atoms. The Kier molecular flexibility index (Phi) is 5.54. The molecule has 0 aliphatic heterocycles. The molecule has 5 heteroatoms. The monoisotopic (exact) mass is 322 g/mol. The van der Waals surface area contributed by atoms with Crippen molar-refractivity contribution in [2.75, 3.05) is 0 Å². The highest BCUT2D eigenvalue weighted by Crippen LogP contribution is 2.52. The lowest BCUT2D eigenvalue weighted by atomic mass is 9.72. The Morgan fingerprint density at radius 3 is 2.14 bits per heavy atom. The van der Waals surface area contributed by atoms with E-state index in [9.17, 15) is 22.4 Å². The average Bonchev–Trinajstić information content (AvgIpc) is 2.48. The van der Waals surface area contributed by atoms with Crippen molar-refractivity contribution in [2.45, 2.75) is 83.0 Å². The number of hydrogen-bond donors (Lipinski definition) is 0. The third kappa shape index (κ3) is 3.33. The fourth-order valence-corrected chi connectivity index (χ4v) is 4.09. The molecule has 1 unspecified atom stereocenters. The maximum absolute atomic E-state index is 14.5. The molecule has 0 heterocycles. The highest BCUT2D eigenvalue weighted by Gasteiger charge is 2.65. The van der Waals surface area contributed by atoms with E-state index >= 15 is 0 Å². The van der Waals surface area contributed by atoms with Gasteiger partial charge in [0.15, 0.2) is 0 Å². The third-order valence-corrected chi connectivity index (χ3v) is 5.49. The molecule has 0 spiro atoms. The molecule has 22 heavy (non-hydrogen) atoms. The second kappa shape index (κ2) is 6.88. The first-order valence-corrected chi connectivity index (χ1v) is 8.59. The van der Waals surface area contributed by atoms with E-state index in [1.165, 1.54) is 0 Å². The van der Waals surface area contributed by atoms with Crippen LogP contribution < -0.4 is 0 Å². The molecule has 0 saturated heterocycles. The van der Waals surface area contributed by atoms with Crippen LogP contribution in [0.2, 0.25) is 0 Å². The highest BCUT2D eigenvalue weighted by molar-refractivity contribution is 5.82. The first-order chi connectivity index (χ1) is 10.3. The van der Waals surface area contributed by atoms with Gasteiger partial charge in [0.2, 0.25) is 0 Å². The number of carbonyl (C=O) groups excluding carboxylic acids is 1. The zero-order chi connectivity index (χ0) is 16.4. The Hall–Kier alpha value is -0.610. The van der Waals surface area contributed by atoms with Crippen molar-refractivity contribution in [3.05, 3.63) is 0 Å². The van der Waals surface area contributed by atoms with Crippen molar-refractivity contribution in [1.82, 2.24) is 0 Å². The Morgan fingerprint density at radius 1 is 0.955 bits per heavy atom. The van der Waals surface area contributed by atoms with Crippen LogP contribution in [0.15, 0.2) is 0 Å². The molecule has 2 saturated carbocycles. The van der Waals surface area contributed by atoms with E-state index in [4.69, 9.17) is 0 Å². The number of halogens is 4. The molecular formula is C17H26F4O. The molecular weight excluding hydrogens is 296 g/mol. The minimum Gasteiger partial charge on any atom is -0.299 e. The summed E-state index contributed by atoms with van der Waals surface area (Å²) in [5.74, 6) is -11.6. The lowest BCUT2D eigenvalue weighted by Gasteiger charge is -2.40. The van der Waals surface area contributed by atoms with Gasteiger partial charge in [-0.25, -0.2) is 0 Å². The Morgan fingerprint density at radius 2 is 1.59 bits per heavy atom. The lowest BCUT2D eigenvalue weighted by Crippen LogP contribution is -2.54. The summed E-state index contributed by atoms with van der Waals surface area (Å²) in [6.07, 6.45) is 4.36. The van der Waals surface area contributed by atoms with Gasteiger partial charge in [0.05, 0.1) is 5.92 Å². The number of alkyl halides is 4. The largest absolute Gasteiger partial charge is 0.320 e. The van der Waals surface area contributed by atoms with Crippen molar-refractivity contribution in [3.8, 4) is 0 Å². The van der Waals surface area contributed by atoms with Crippen molar-refractivity contribution < 1.29 is 22.4 Å². The zero-order valence-corrected chi connectivity index (χ0v) is 13.2. The summed E-state index contributed by atoms with van der Waals surface area (Å²) < 4.78 is 57.7. The van der Waals surface area contributed by atoms with Crippen molar-refractivity contribution in [2.24, 2.45) is 17.8 Å². The van der Waals surface area contributed by atoms with E-state index in [1.54, 1.807) is 0 Å². The lowest BCUT2D eigenvalue weighted by molar-refractivity contribution is -0.263. The molecule has 2 fully saturated rings. The molecule has 0 N–H and O–H groups in total. The Balaban J connectivity index is 2.06. The topological polar surface area (TPSA) is 17.1 Å². The Labute approximate surface area is 129 Å². The predicted octanol–water partition coefficient (Wildman–Crippen LogP) is 5.62. The van der Waals surface area contributed by atoms with Gasteiger partial charge < -0.3 is 0 Å². The molecule has 0 amide bonds. The normalized spacial score (nSPS) is 31.3. The average molecular weight is 322 g/mol. The number of hydrogen-bond acceptors (Lipinski definition) is 1. The van der Waals surface area contributed by atoms with Gasteiger partial charge in [-0.1, -0.05) is 26.2 Å². The highest BCUT2D eigenvalue weighted by atomic mass is 19.3. The number of rotatable bonds is 5. The third-order valence-electron chi connectivity index (χ3n) is 5.49. The van der Waals surface area contributed by atoms with E-state index < -0.39 is 29.5 Å². The SMILES string of the molecule is CCCC1CCC(C(F)(F)C(F)(F)C2CCCCC2=O)CC1. The molecule has 0 aromatic rings. The van der Waals surface area contributed by atoms with Crippen LogP contribution in [-0.4, -0.2) is 17.6 Å². The molecule has 1 atom stereocenters. The molecule has 0 aromatic heterocycles. The van der Waals surface area contributed by atoms with Crippen molar-refractivity contribution >= 4 is 5.78 Å². The molecule has 2 aliphatic carbocycles. The van der Waals surface area contributed by atoms with Gasteiger partial charge >= 0.3 is 11.8 Å². The maximum Gasteiger partial charge on any atom is 0.320 e. The van der Waals surface area contributed by atoms with Gasteiger partial charge in [-0.3, -0.25) is 4.79 Å². The van der Waals surface area contributed by atoms with Crippen molar-refractivity contribution in [3.63, 3.8) is 0 Å². The maximum atomic E-state index is 14.5. The molecule has 1 nitrogen and oxygen atoms in total. The second-order valence-corrected chi connectivity index (χ2v) is 7.02. The standard InChI is InChI=1S/C17H26F4O/c1-2-5-12-8-10-13(11-9-12)16(18,19)17(20,21)14-6-3-4-7-15(14)22/h12-14H,2-11H2,1H3. The quantitative estimate of drug-likeness (QED) is 0.600. The first-order valence-electron chi connectivity index (χ1n) is 8.59. The van der Waals surface area contributed by atoms with Gasteiger partial charge in [0.1, 0.15) is 5.78 Å². The summed E-state index contributed by atoms with van der Waals surface area (Å²) in [4.78, 5) is 11.7. The van der Waals surface area contributed by atoms with Gasteiger partial charge in [-0.15, -0.1) is 0 Å². The number of carbonyl (C=O) groups is 1. The van der Waals surface area contributed by atoms with Crippen LogP contribution in [0.4, 0.5) is 17.6 Å². The van der Waals surface area contributed by atoms with E-state index in [-0.39, 0.29) is 25.7 Å². The second-order valence-electron chi connectivity index (χ2n) is 7.02. The van der Waals surface area contributed by atoms with Gasteiger partial charge in [-0.05, 0) is 44.4 Å². The summed E-state index contributed by atoms with van der Waals surface area (Å²) in [6, 6.07) is 0. The van der Waals surface area contributed by atoms with E-state index in [2.05, 4.69) is 0 Å². The van der Waals surface area contributed by atoms with E-state index in [1.807, 2.05) is 6.92 Å². The van der Waals surface area contributed by atoms with E-state index in [0.717, 1.165) is 12.8 Å². The predicted molar refractivity (Wildman–Crippen MR) is 77.2 cm³/mol. The summed E-state index contributed by atoms with van der Waals surface area (Å²) in [5, 5.41) is 0. The van der Waals surface area contributed by atoms with Crippen LogP contribution in [0.5, 0.6) is 0 Å². The van der Waals surface area contributed by atoms with Crippen LogP contribution in [0.1, 0.15) is 71.1 Å². The van der Waals surface area contributed by atoms with Crippen molar-refractivity contribution in [1.29, 1.82) is 0 Å². The molecule has 0 radical (unpaired) electrons. The smallest absolute Gasteiger partial charge is 0.299 e. The number of Topliss-reactive ketones (excluding diaryl/α,β-unsaturated/α-hetero) is 1. The fraction of sp³-hybridized carbons (Fsp3) is 0.941. The Bertz CT molecular complexity index is 386. The summed E-state index contributed by atoms with van der Waals surface area (Å²) in [5.41, 5.74) is 0. The molecule has 2 rings (SSSR count). The summed E-state index contributed by atoms with van der Waals surface area (Å²) in [6.45, 7) is 2.05. The number of ketones is 1. The van der Waals surface area contributed by atoms with Gasteiger partial charge in [0.25, 0.3) is 0 Å². The summed E-state index contributed by atoms with van der Waals surface area (Å²) in [7, 11) is 0. The van der Waals surface area contributed by atoms with Gasteiger partial charge in [0, 0.05) is 12.3 Å². The van der Waals surface area contributed by atoms with E-state index in [0.29, 0.717) is 31.6 Å². The molecule has 0 aromatic carbocycles.